The van der Waals surface area contributed by atoms with Gasteiger partial charge in [-0.25, -0.2) is 13.1 Å². The van der Waals surface area contributed by atoms with Gasteiger partial charge in [-0.15, -0.1) is 0 Å². The van der Waals surface area contributed by atoms with Gasteiger partial charge in [-0.1, -0.05) is 18.9 Å². The Morgan fingerprint density at radius 3 is 2.36 bits per heavy atom. The van der Waals surface area contributed by atoms with E-state index in [0.717, 1.165) is 51.4 Å². The lowest BCUT2D eigenvalue weighted by atomic mass is 9.91. The quantitative estimate of drug-likeness (QED) is 0.742. The lowest BCUT2D eigenvalue weighted by molar-refractivity contribution is 0.0925. The summed E-state index contributed by atoms with van der Waals surface area (Å²) in [6, 6.07) is 6.61. The average molecular weight is 365 g/mol. The molecule has 0 aromatic heterocycles. The van der Waals surface area contributed by atoms with Crippen LogP contribution in [0.25, 0.3) is 0 Å². The third-order valence-electron chi connectivity index (χ3n) is 5.19. The van der Waals surface area contributed by atoms with Gasteiger partial charge in [-0.3, -0.25) is 4.79 Å². The molecule has 0 atom stereocenters. The maximum Gasteiger partial charge on any atom is 0.251 e. The van der Waals surface area contributed by atoms with Crippen LogP contribution in [0.2, 0.25) is 0 Å². The van der Waals surface area contributed by atoms with Crippen LogP contribution in [0.15, 0.2) is 29.2 Å². The molecule has 0 aliphatic heterocycles. The molecule has 1 aromatic rings. The first-order chi connectivity index (χ1) is 11.9. The van der Waals surface area contributed by atoms with E-state index in [4.69, 9.17) is 5.73 Å². The maximum absolute atomic E-state index is 12.5. The number of nitrogens with one attached hydrogen (secondary N) is 2. The second kappa shape index (κ2) is 7.85. The van der Waals surface area contributed by atoms with Crippen molar-refractivity contribution in [2.24, 2.45) is 5.73 Å². The second-order valence-corrected chi connectivity index (χ2v) is 8.93. The normalized spacial score (nSPS) is 25.0. The summed E-state index contributed by atoms with van der Waals surface area (Å²) in [7, 11) is -3.59. The Morgan fingerprint density at radius 1 is 1.00 bits per heavy atom. The Kier molecular flexibility index (Phi) is 5.76. The van der Waals surface area contributed by atoms with Gasteiger partial charge in [-0.2, -0.15) is 0 Å². The zero-order valence-electron chi connectivity index (χ0n) is 14.4. The lowest BCUT2D eigenvalue weighted by Gasteiger charge is -2.26. The predicted molar refractivity (Wildman–Crippen MR) is 96.7 cm³/mol. The van der Waals surface area contributed by atoms with Gasteiger partial charge in [0.05, 0.1) is 4.90 Å². The molecule has 138 valence electrons. The molecule has 2 aliphatic rings. The molecule has 25 heavy (non-hydrogen) atoms. The number of hydrogen-bond donors (Lipinski definition) is 3. The van der Waals surface area contributed by atoms with Crippen molar-refractivity contribution in [2.45, 2.75) is 74.4 Å². The molecular formula is C18H27N3O3S. The molecule has 1 aromatic carbocycles. The van der Waals surface area contributed by atoms with Crippen LogP contribution in [-0.2, 0) is 10.0 Å². The summed E-state index contributed by atoms with van der Waals surface area (Å²) in [6.07, 6.45) is 7.42. The highest BCUT2D eigenvalue weighted by Gasteiger charge is 2.24. The van der Waals surface area contributed by atoms with Crippen molar-refractivity contribution in [2.75, 3.05) is 0 Å². The first-order valence-corrected chi connectivity index (χ1v) is 10.6. The molecule has 2 fully saturated rings. The van der Waals surface area contributed by atoms with Crippen molar-refractivity contribution >= 4 is 15.9 Å². The summed E-state index contributed by atoms with van der Waals surface area (Å²) < 4.78 is 27.8. The molecule has 0 spiro atoms. The largest absolute Gasteiger partial charge is 0.349 e. The van der Waals surface area contributed by atoms with E-state index < -0.39 is 10.0 Å². The van der Waals surface area contributed by atoms with Crippen molar-refractivity contribution in [1.82, 2.24) is 10.0 Å². The van der Waals surface area contributed by atoms with Crippen LogP contribution >= 0.6 is 0 Å². The maximum atomic E-state index is 12.5. The number of benzene rings is 1. The van der Waals surface area contributed by atoms with Gasteiger partial charge in [0, 0.05) is 23.7 Å². The van der Waals surface area contributed by atoms with Crippen molar-refractivity contribution in [3.05, 3.63) is 29.8 Å². The van der Waals surface area contributed by atoms with E-state index in [1.807, 2.05) is 0 Å². The molecule has 4 N–H and O–H groups in total. The van der Waals surface area contributed by atoms with Gasteiger partial charge >= 0.3 is 0 Å². The average Bonchev–Trinajstić information content (AvgIpc) is 3.09. The molecule has 6 nitrogen and oxygen atoms in total. The van der Waals surface area contributed by atoms with Crippen molar-refractivity contribution in [3.8, 4) is 0 Å². The fourth-order valence-corrected chi connectivity index (χ4v) is 5.02. The predicted octanol–water partition coefficient (Wildman–Crippen LogP) is 1.91. The van der Waals surface area contributed by atoms with Crippen LogP contribution in [0, 0.1) is 0 Å². The third-order valence-corrected chi connectivity index (χ3v) is 6.71. The first-order valence-electron chi connectivity index (χ1n) is 9.13. The first kappa shape index (κ1) is 18.4. The number of sulfonamides is 1. The Labute approximate surface area is 149 Å². The summed E-state index contributed by atoms with van der Waals surface area (Å²) in [4.78, 5) is 12.6. The molecule has 0 saturated heterocycles. The summed E-state index contributed by atoms with van der Waals surface area (Å²) in [5, 5.41) is 3.00. The summed E-state index contributed by atoms with van der Waals surface area (Å²) in [5.41, 5.74) is 6.27. The van der Waals surface area contributed by atoms with Crippen LogP contribution in [0.4, 0.5) is 0 Å². The smallest absolute Gasteiger partial charge is 0.251 e. The van der Waals surface area contributed by atoms with Crippen molar-refractivity contribution in [3.63, 3.8) is 0 Å². The second-order valence-electron chi connectivity index (χ2n) is 7.22. The van der Waals surface area contributed by atoms with Crippen LogP contribution in [0.1, 0.15) is 61.7 Å². The molecular weight excluding hydrogens is 338 g/mol. The van der Waals surface area contributed by atoms with Gasteiger partial charge in [0.1, 0.15) is 0 Å². The fraction of sp³-hybridized carbons (Fsp3) is 0.611. The highest BCUT2D eigenvalue weighted by molar-refractivity contribution is 7.89. The minimum atomic E-state index is -3.59. The molecule has 2 saturated carbocycles. The molecule has 3 rings (SSSR count). The zero-order chi connectivity index (χ0) is 17.9. The van der Waals surface area contributed by atoms with E-state index in [2.05, 4.69) is 10.0 Å². The fourth-order valence-electron chi connectivity index (χ4n) is 3.67. The highest BCUT2D eigenvalue weighted by atomic mass is 32.2. The van der Waals surface area contributed by atoms with Crippen molar-refractivity contribution < 1.29 is 13.2 Å². The highest BCUT2D eigenvalue weighted by Crippen LogP contribution is 2.21. The lowest BCUT2D eigenvalue weighted by Crippen LogP contribution is -2.40. The molecule has 1 amide bonds. The number of nitrogens with two attached hydrogens (primary N) is 1. The van der Waals surface area contributed by atoms with E-state index in [-0.39, 0.29) is 28.9 Å². The van der Waals surface area contributed by atoms with Gasteiger partial charge in [-0.05, 0) is 56.7 Å². The minimum absolute atomic E-state index is 0.00827. The zero-order valence-corrected chi connectivity index (χ0v) is 15.2. The number of carbonyl (C=O) groups excluding carboxylic acids is 1. The van der Waals surface area contributed by atoms with E-state index in [1.54, 1.807) is 12.1 Å². The van der Waals surface area contributed by atoms with E-state index >= 15 is 0 Å². The van der Waals surface area contributed by atoms with Crippen LogP contribution in [0.3, 0.4) is 0 Å². The molecule has 7 heteroatoms. The Balaban J connectivity index is 1.66. The standard InChI is InChI=1S/C18H27N3O3S/c19-14-8-10-15(11-9-14)20-18(22)13-4-3-7-17(12-13)25(23,24)21-16-5-1-2-6-16/h3-4,7,12,14-16,21H,1-2,5-6,8-11,19H2,(H,20,22). The van der Waals surface area contributed by atoms with E-state index in [0.29, 0.717) is 5.56 Å². The van der Waals surface area contributed by atoms with Crippen LogP contribution in [0.5, 0.6) is 0 Å². The SMILES string of the molecule is NC1CCC(NC(=O)c2cccc(S(=O)(=O)NC3CCCC3)c2)CC1. The molecule has 0 heterocycles. The molecule has 0 unspecified atom stereocenters. The van der Waals surface area contributed by atoms with Crippen LogP contribution < -0.4 is 15.8 Å². The molecule has 0 bridgehead atoms. The summed E-state index contributed by atoms with van der Waals surface area (Å²) >= 11 is 0. The monoisotopic (exact) mass is 365 g/mol. The van der Waals surface area contributed by atoms with Gasteiger partial charge in [0.15, 0.2) is 0 Å². The minimum Gasteiger partial charge on any atom is -0.349 e. The topological polar surface area (TPSA) is 101 Å². The number of hydrogen-bond acceptors (Lipinski definition) is 4. The number of rotatable bonds is 5. The van der Waals surface area contributed by atoms with Gasteiger partial charge in [0.2, 0.25) is 10.0 Å². The summed E-state index contributed by atoms with van der Waals surface area (Å²) in [5.74, 6) is -0.224. The van der Waals surface area contributed by atoms with Gasteiger partial charge in [0.25, 0.3) is 5.91 Å². The Bertz CT molecular complexity index is 706. The van der Waals surface area contributed by atoms with Crippen molar-refractivity contribution in [1.29, 1.82) is 0 Å². The summed E-state index contributed by atoms with van der Waals surface area (Å²) in [6.45, 7) is 0. The molecule has 0 radical (unpaired) electrons. The van der Waals surface area contributed by atoms with E-state index in [1.165, 1.54) is 12.1 Å². The Hall–Kier alpha value is -1.44. The third kappa shape index (κ3) is 4.80. The number of amides is 1. The van der Waals surface area contributed by atoms with Crippen LogP contribution in [-0.4, -0.2) is 32.5 Å². The Morgan fingerprint density at radius 2 is 1.68 bits per heavy atom. The molecule has 2 aliphatic carbocycles. The van der Waals surface area contributed by atoms with Gasteiger partial charge < -0.3 is 11.1 Å². The number of carbonyl (C=O) groups is 1. The van der Waals surface area contributed by atoms with E-state index in [9.17, 15) is 13.2 Å².